The number of H-pyrrole nitrogens is 1. The largest absolute Gasteiger partial charge is 0.854 e. The van der Waals surface area contributed by atoms with E-state index < -0.39 is 11.5 Å². The van der Waals surface area contributed by atoms with Crippen LogP contribution in [0, 0.1) is 0 Å². The number of hydrogen-bond acceptors (Lipinski definition) is 5. The Balaban J connectivity index is 2.05. The number of rotatable bonds is 4. The van der Waals surface area contributed by atoms with E-state index in [0.29, 0.717) is 22.1 Å². The number of nitrogens with one attached hydrogen (secondary N) is 1. The molecule has 3 aromatic rings. The van der Waals surface area contributed by atoms with Crippen LogP contribution in [-0.2, 0) is 0 Å². The lowest BCUT2D eigenvalue weighted by Gasteiger charge is -2.04. The van der Waals surface area contributed by atoms with Gasteiger partial charge in [0.1, 0.15) is 5.75 Å². The quantitative estimate of drug-likeness (QED) is 0.438. The number of halogens is 1. The van der Waals surface area contributed by atoms with Crippen molar-refractivity contribution in [2.75, 3.05) is 7.11 Å². The van der Waals surface area contributed by atoms with E-state index in [-0.39, 0.29) is 5.69 Å². The Morgan fingerprint density at radius 2 is 2.04 bits per heavy atom. The number of aliphatic imine (C=N–C) groups is 1. The minimum absolute atomic E-state index is 0.250. The summed E-state index contributed by atoms with van der Waals surface area (Å²) in [5.41, 5.74) is -0.206. The molecule has 122 valence electrons. The van der Waals surface area contributed by atoms with Gasteiger partial charge < -0.3 is 9.84 Å². The highest BCUT2D eigenvalue weighted by atomic mass is 35.5. The van der Waals surface area contributed by atoms with Crippen molar-refractivity contribution in [2.45, 2.75) is 0 Å². The standard InChI is InChI=1S/C16H12ClN3O4/c1-23-13-7-5-12(6-8-13)20-14(16(22)24-19-20)15(21)18-11-4-2-3-10(17)9-11/h2-9H,1H3,(H-,18,19,21,22). The maximum Gasteiger partial charge on any atom is 0.436 e. The molecular weight excluding hydrogens is 334 g/mol. The first kappa shape index (κ1) is 15.8. The first-order valence-electron chi connectivity index (χ1n) is 6.88. The molecule has 1 aromatic heterocycles. The average molecular weight is 346 g/mol. The van der Waals surface area contributed by atoms with Crippen LogP contribution in [0.15, 0.2) is 62.8 Å². The number of methoxy groups -OCH3 is 1. The van der Waals surface area contributed by atoms with Crippen molar-refractivity contribution in [3.8, 4) is 11.4 Å². The molecule has 0 aliphatic rings. The molecule has 0 spiro atoms. The first-order chi connectivity index (χ1) is 11.6. The molecule has 0 atom stereocenters. The van der Waals surface area contributed by atoms with Gasteiger partial charge >= 0.3 is 11.3 Å². The van der Waals surface area contributed by atoms with E-state index in [9.17, 15) is 9.90 Å². The molecule has 0 radical (unpaired) electrons. The van der Waals surface area contributed by atoms with Gasteiger partial charge in [-0.25, -0.2) is 4.79 Å². The Kier molecular flexibility index (Phi) is 4.35. The van der Waals surface area contributed by atoms with Crippen molar-refractivity contribution in [1.29, 1.82) is 0 Å². The minimum atomic E-state index is -0.818. The van der Waals surface area contributed by atoms with Crippen LogP contribution in [0.2, 0.25) is 5.02 Å². The van der Waals surface area contributed by atoms with Gasteiger partial charge in [0.2, 0.25) is 5.69 Å². The van der Waals surface area contributed by atoms with Crippen LogP contribution in [0.4, 0.5) is 5.69 Å². The van der Waals surface area contributed by atoms with Crippen LogP contribution in [0.1, 0.15) is 5.69 Å². The second kappa shape index (κ2) is 6.59. The molecule has 0 unspecified atom stereocenters. The lowest BCUT2D eigenvalue weighted by atomic mass is 10.3. The van der Waals surface area contributed by atoms with E-state index in [4.69, 9.17) is 20.9 Å². The van der Waals surface area contributed by atoms with Crippen molar-refractivity contribution < 1.29 is 19.0 Å². The van der Waals surface area contributed by atoms with Crippen molar-refractivity contribution in [3.05, 3.63) is 69.7 Å². The van der Waals surface area contributed by atoms with Gasteiger partial charge in [-0.05, 0) is 40.3 Å². The van der Waals surface area contributed by atoms with Crippen molar-refractivity contribution in [2.24, 2.45) is 4.99 Å². The van der Waals surface area contributed by atoms with Gasteiger partial charge in [0.25, 0.3) is 0 Å². The van der Waals surface area contributed by atoms with Crippen LogP contribution in [0.5, 0.6) is 5.75 Å². The lowest BCUT2D eigenvalue weighted by Crippen LogP contribution is -2.44. The molecule has 0 bridgehead atoms. The predicted octanol–water partition coefficient (Wildman–Crippen LogP) is 1.35. The molecule has 0 aliphatic heterocycles. The van der Waals surface area contributed by atoms with Crippen molar-refractivity contribution in [1.82, 2.24) is 5.27 Å². The Bertz CT molecular complexity index is 944. The zero-order valence-corrected chi connectivity index (χ0v) is 13.3. The second-order valence-electron chi connectivity index (χ2n) is 4.76. The number of nitrogens with zero attached hydrogens (tertiary/aromatic N) is 2. The fraction of sp³-hybridized carbons (Fsp3) is 0.0625. The normalized spacial score (nSPS) is 11.5. The lowest BCUT2D eigenvalue weighted by molar-refractivity contribution is -0.673. The number of hydrogen-bond donors (Lipinski definition) is 1. The monoisotopic (exact) mass is 345 g/mol. The topological polar surface area (TPSA) is 94.5 Å². The summed E-state index contributed by atoms with van der Waals surface area (Å²) in [6.07, 6.45) is 0. The summed E-state index contributed by atoms with van der Waals surface area (Å²) in [5.74, 6) is -0.107. The van der Waals surface area contributed by atoms with Gasteiger partial charge in [-0.2, -0.15) is 0 Å². The van der Waals surface area contributed by atoms with E-state index in [1.807, 2.05) is 0 Å². The van der Waals surface area contributed by atoms with Crippen molar-refractivity contribution in [3.63, 3.8) is 0 Å². The zero-order valence-electron chi connectivity index (χ0n) is 12.5. The maximum absolute atomic E-state index is 12.4. The van der Waals surface area contributed by atoms with Gasteiger partial charge in [0.05, 0.1) is 18.7 Å². The summed E-state index contributed by atoms with van der Waals surface area (Å²) in [6.45, 7) is 0. The summed E-state index contributed by atoms with van der Waals surface area (Å²) in [6, 6.07) is 13.2. The third-order valence-corrected chi connectivity index (χ3v) is 3.45. The molecule has 1 heterocycles. The SMILES string of the molecule is COc1ccc(-[n+]2[nH]oc(=O)c2C([O-])=Nc2cccc(Cl)c2)cc1. The van der Waals surface area contributed by atoms with Crippen LogP contribution in [0.25, 0.3) is 5.69 Å². The maximum atomic E-state index is 12.4. The molecule has 0 saturated carbocycles. The zero-order chi connectivity index (χ0) is 17.1. The number of aromatic nitrogens is 2. The molecule has 8 heteroatoms. The van der Waals surface area contributed by atoms with Crippen LogP contribution in [-0.4, -0.2) is 18.3 Å². The molecule has 0 saturated heterocycles. The van der Waals surface area contributed by atoms with Gasteiger partial charge in [-0.1, -0.05) is 17.7 Å². The van der Waals surface area contributed by atoms with Gasteiger partial charge in [0, 0.05) is 17.2 Å². The molecule has 7 nitrogen and oxygen atoms in total. The molecule has 0 aliphatic carbocycles. The summed E-state index contributed by atoms with van der Waals surface area (Å²) < 4.78 is 11.0. The molecule has 0 fully saturated rings. The summed E-state index contributed by atoms with van der Waals surface area (Å²) in [4.78, 5) is 15.8. The number of ether oxygens (including phenoxy) is 1. The second-order valence-corrected chi connectivity index (χ2v) is 5.20. The highest BCUT2D eigenvalue weighted by Gasteiger charge is 2.23. The van der Waals surface area contributed by atoms with Crippen molar-refractivity contribution >= 4 is 23.2 Å². The van der Waals surface area contributed by atoms with Crippen LogP contribution >= 0.6 is 11.6 Å². The highest BCUT2D eigenvalue weighted by Crippen LogP contribution is 2.18. The number of benzene rings is 2. The smallest absolute Gasteiger partial charge is 0.436 e. The van der Waals surface area contributed by atoms with E-state index in [0.717, 1.165) is 0 Å². The fourth-order valence-electron chi connectivity index (χ4n) is 2.08. The molecule has 0 amide bonds. The highest BCUT2D eigenvalue weighted by molar-refractivity contribution is 6.30. The summed E-state index contributed by atoms with van der Waals surface area (Å²) in [5, 5.41) is 15.2. The molecule has 3 rings (SSSR count). The predicted molar refractivity (Wildman–Crippen MR) is 85.1 cm³/mol. The van der Waals surface area contributed by atoms with E-state index in [1.165, 1.54) is 10.7 Å². The summed E-state index contributed by atoms with van der Waals surface area (Å²) >= 11 is 5.87. The number of aromatic amines is 1. The third-order valence-electron chi connectivity index (χ3n) is 3.22. The van der Waals surface area contributed by atoms with E-state index in [2.05, 4.69) is 10.3 Å². The van der Waals surface area contributed by atoms with Crippen LogP contribution < -0.4 is 20.2 Å². The fourth-order valence-corrected chi connectivity index (χ4v) is 2.27. The van der Waals surface area contributed by atoms with Gasteiger partial charge in [-0.15, -0.1) is 0 Å². The Labute approximate surface area is 141 Å². The Morgan fingerprint density at radius 3 is 2.71 bits per heavy atom. The molecule has 2 aromatic carbocycles. The molecular formula is C16H12ClN3O4. The van der Waals surface area contributed by atoms with Gasteiger partial charge in [-0.3, -0.25) is 9.52 Å². The van der Waals surface area contributed by atoms with Crippen LogP contribution in [0.3, 0.4) is 0 Å². The van der Waals surface area contributed by atoms with E-state index >= 15 is 0 Å². The van der Waals surface area contributed by atoms with E-state index in [1.54, 1.807) is 49.6 Å². The molecule has 1 N–H and O–H groups in total. The average Bonchev–Trinajstić information content (AvgIpc) is 2.96. The Morgan fingerprint density at radius 1 is 1.29 bits per heavy atom. The molecule has 24 heavy (non-hydrogen) atoms. The third kappa shape index (κ3) is 3.16. The first-order valence-corrected chi connectivity index (χ1v) is 7.26. The summed E-state index contributed by atoms with van der Waals surface area (Å²) in [7, 11) is 1.54. The minimum Gasteiger partial charge on any atom is -0.854 e. The Hall–Kier alpha value is -3.06. The van der Waals surface area contributed by atoms with Gasteiger partial charge in [0.15, 0.2) is 0 Å².